The Labute approximate surface area is 149 Å². The van der Waals surface area contributed by atoms with Crippen LogP contribution in [0.2, 0.25) is 5.02 Å². The number of nitrogens with zero attached hydrogens (tertiary/aromatic N) is 2. The van der Waals surface area contributed by atoms with E-state index in [4.69, 9.17) is 11.6 Å². The maximum absolute atomic E-state index is 12.4. The summed E-state index contributed by atoms with van der Waals surface area (Å²) in [5.74, 6) is -0.332. The highest BCUT2D eigenvalue weighted by molar-refractivity contribution is 7.89. The van der Waals surface area contributed by atoms with E-state index in [9.17, 15) is 13.2 Å². The van der Waals surface area contributed by atoms with Crippen molar-refractivity contribution in [2.75, 3.05) is 40.8 Å². The summed E-state index contributed by atoms with van der Waals surface area (Å²) in [6, 6.07) is 5.86. The Morgan fingerprint density at radius 1 is 1.17 bits per heavy atom. The summed E-state index contributed by atoms with van der Waals surface area (Å²) in [5, 5.41) is 3.26. The Morgan fingerprint density at radius 3 is 2.21 bits per heavy atom. The fraction of sp³-hybridized carbons (Fsp3) is 0.562. The van der Waals surface area contributed by atoms with Gasteiger partial charge in [0, 0.05) is 25.2 Å². The van der Waals surface area contributed by atoms with Gasteiger partial charge in [-0.25, -0.2) is 8.42 Å². The minimum absolute atomic E-state index is 0.104. The molecule has 0 saturated heterocycles. The molecule has 136 valence electrons. The highest BCUT2D eigenvalue weighted by atomic mass is 35.5. The number of hydrogen-bond acceptors (Lipinski definition) is 4. The lowest BCUT2D eigenvalue weighted by atomic mass is 9.93. The van der Waals surface area contributed by atoms with Gasteiger partial charge in [-0.3, -0.25) is 4.79 Å². The van der Waals surface area contributed by atoms with E-state index in [0.29, 0.717) is 11.6 Å². The number of carbonyl (C=O) groups is 1. The Hall–Kier alpha value is -1.15. The lowest BCUT2D eigenvalue weighted by Gasteiger charge is -2.28. The number of amides is 1. The standard InChI is InChI=1S/C16H26ClN3O3S/c1-16(2,12-19(3)4)11-18-15(21)10-20(5)24(22,23)14-8-6-13(17)7-9-14/h6-9H,10-12H2,1-5H3,(H,18,21). The number of likely N-dealkylation sites (N-methyl/N-ethyl adjacent to an activating group) is 1. The fourth-order valence-electron chi connectivity index (χ4n) is 2.38. The molecule has 0 aliphatic carbocycles. The second-order valence-electron chi connectivity index (χ2n) is 6.89. The molecule has 1 aromatic rings. The lowest BCUT2D eigenvalue weighted by molar-refractivity contribution is -0.121. The molecule has 0 unspecified atom stereocenters. The van der Waals surface area contributed by atoms with Crippen LogP contribution in [-0.2, 0) is 14.8 Å². The second-order valence-corrected chi connectivity index (χ2v) is 9.38. The normalized spacial score (nSPS) is 12.7. The molecule has 0 saturated carbocycles. The Bertz CT molecular complexity index is 658. The van der Waals surface area contributed by atoms with Gasteiger partial charge in [-0.15, -0.1) is 0 Å². The average Bonchev–Trinajstić information content (AvgIpc) is 2.44. The first-order valence-corrected chi connectivity index (χ1v) is 9.39. The van der Waals surface area contributed by atoms with Gasteiger partial charge in [-0.05, 0) is 43.8 Å². The van der Waals surface area contributed by atoms with Crippen LogP contribution in [0.3, 0.4) is 0 Å². The predicted octanol–water partition coefficient (Wildman–Crippen LogP) is 1.66. The molecule has 1 aromatic carbocycles. The van der Waals surface area contributed by atoms with Gasteiger partial charge in [0.2, 0.25) is 15.9 Å². The largest absolute Gasteiger partial charge is 0.354 e. The van der Waals surface area contributed by atoms with Crippen molar-refractivity contribution in [2.45, 2.75) is 18.7 Å². The monoisotopic (exact) mass is 375 g/mol. The molecule has 0 radical (unpaired) electrons. The van der Waals surface area contributed by atoms with Crippen LogP contribution < -0.4 is 5.32 Å². The molecule has 0 aromatic heterocycles. The third-order valence-electron chi connectivity index (χ3n) is 3.40. The Kier molecular flexibility index (Phi) is 7.22. The smallest absolute Gasteiger partial charge is 0.243 e. The molecule has 1 N–H and O–H groups in total. The maximum atomic E-state index is 12.4. The molecular weight excluding hydrogens is 350 g/mol. The number of rotatable bonds is 8. The first-order valence-electron chi connectivity index (χ1n) is 7.57. The minimum Gasteiger partial charge on any atom is -0.354 e. The summed E-state index contributed by atoms with van der Waals surface area (Å²) >= 11 is 5.77. The predicted molar refractivity (Wildman–Crippen MR) is 96.6 cm³/mol. The topological polar surface area (TPSA) is 69.7 Å². The van der Waals surface area contributed by atoms with E-state index in [1.165, 1.54) is 31.3 Å². The summed E-state index contributed by atoms with van der Waals surface area (Å²) in [6.07, 6.45) is 0. The highest BCUT2D eigenvalue weighted by Gasteiger charge is 2.24. The van der Waals surface area contributed by atoms with Crippen LogP contribution in [0.15, 0.2) is 29.2 Å². The summed E-state index contributed by atoms with van der Waals surface area (Å²) < 4.78 is 25.9. The number of carbonyl (C=O) groups excluding carboxylic acids is 1. The molecule has 24 heavy (non-hydrogen) atoms. The van der Waals surface area contributed by atoms with Crippen LogP contribution >= 0.6 is 11.6 Å². The van der Waals surface area contributed by atoms with Crippen molar-refractivity contribution in [3.8, 4) is 0 Å². The van der Waals surface area contributed by atoms with Crippen LogP contribution in [0.4, 0.5) is 0 Å². The van der Waals surface area contributed by atoms with Crippen LogP contribution in [-0.4, -0.2) is 64.3 Å². The quantitative estimate of drug-likeness (QED) is 0.750. The molecule has 6 nitrogen and oxygen atoms in total. The van der Waals surface area contributed by atoms with Crippen LogP contribution in [0.5, 0.6) is 0 Å². The average molecular weight is 376 g/mol. The van der Waals surface area contributed by atoms with Crippen molar-refractivity contribution in [3.63, 3.8) is 0 Å². The van der Waals surface area contributed by atoms with Gasteiger partial charge in [0.15, 0.2) is 0 Å². The first kappa shape index (κ1) is 20.9. The van der Waals surface area contributed by atoms with Crippen LogP contribution in [0.25, 0.3) is 0 Å². The molecule has 1 rings (SSSR count). The van der Waals surface area contributed by atoms with E-state index >= 15 is 0 Å². The molecular formula is C16H26ClN3O3S. The summed E-state index contributed by atoms with van der Waals surface area (Å²) in [5.41, 5.74) is -0.104. The highest BCUT2D eigenvalue weighted by Crippen LogP contribution is 2.17. The number of nitrogens with one attached hydrogen (secondary N) is 1. The molecule has 0 heterocycles. The number of sulfonamides is 1. The van der Waals surface area contributed by atoms with Crippen molar-refractivity contribution >= 4 is 27.5 Å². The SMILES string of the molecule is CN(C)CC(C)(C)CNC(=O)CN(C)S(=O)(=O)c1ccc(Cl)cc1. The third-order valence-corrected chi connectivity index (χ3v) is 5.47. The van der Waals surface area contributed by atoms with Gasteiger partial charge >= 0.3 is 0 Å². The zero-order chi connectivity index (χ0) is 18.5. The molecule has 0 bridgehead atoms. The molecule has 0 fully saturated rings. The molecule has 0 spiro atoms. The fourth-order valence-corrected chi connectivity index (χ4v) is 3.63. The summed E-state index contributed by atoms with van der Waals surface area (Å²) in [6.45, 7) is 5.14. The van der Waals surface area contributed by atoms with E-state index in [1.54, 1.807) is 0 Å². The van der Waals surface area contributed by atoms with Gasteiger partial charge in [-0.2, -0.15) is 4.31 Å². The van der Waals surface area contributed by atoms with Crippen molar-refractivity contribution in [1.82, 2.24) is 14.5 Å². The molecule has 0 atom stereocenters. The van der Waals surface area contributed by atoms with Gasteiger partial charge < -0.3 is 10.2 Å². The lowest BCUT2D eigenvalue weighted by Crippen LogP contribution is -2.44. The molecule has 1 amide bonds. The van der Waals surface area contributed by atoms with Crippen molar-refractivity contribution in [1.29, 1.82) is 0 Å². The van der Waals surface area contributed by atoms with Gasteiger partial charge in [0.05, 0.1) is 11.4 Å². The minimum atomic E-state index is -3.72. The number of benzene rings is 1. The zero-order valence-corrected chi connectivity index (χ0v) is 16.4. The first-order chi connectivity index (χ1) is 10.9. The van der Waals surface area contributed by atoms with E-state index in [0.717, 1.165) is 10.8 Å². The Morgan fingerprint density at radius 2 is 1.71 bits per heavy atom. The zero-order valence-electron chi connectivity index (χ0n) is 14.8. The van der Waals surface area contributed by atoms with E-state index in [-0.39, 0.29) is 22.8 Å². The molecule has 0 aliphatic heterocycles. The number of halogens is 1. The Balaban J connectivity index is 2.65. The molecule has 0 aliphatic rings. The van der Waals surface area contributed by atoms with E-state index < -0.39 is 10.0 Å². The van der Waals surface area contributed by atoms with E-state index in [1.807, 2.05) is 32.8 Å². The van der Waals surface area contributed by atoms with E-state index in [2.05, 4.69) is 5.32 Å². The maximum Gasteiger partial charge on any atom is 0.243 e. The van der Waals surface area contributed by atoms with Gasteiger partial charge in [-0.1, -0.05) is 25.4 Å². The van der Waals surface area contributed by atoms with Crippen LogP contribution in [0, 0.1) is 5.41 Å². The second kappa shape index (κ2) is 8.29. The number of hydrogen-bond donors (Lipinski definition) is 1. The summed E-state index contributed by atoms with van der Waals surface area (Å²) in [7, 11) is 1.60. The van der Waals surface area contributed by atoms with Crippen molar-refractivity contribution < 1.29 is 13.2 Å². The summed E-state index contributed by atoms with van der Waals surface area (Å²) in [4.78, 5) is 14.2. The van der Waals surface area contributed by atoms with Crippen LogP contribution in [0.1, 0.15) is 13.8 Å². The van der Waals surface area contributed by atoms with Crippen molar-refractivity contribution in [3.05, 3.63) is 29.3 Å². The van der Waals surface area contributed by atoms with Crippen molar-refractivity contribution in [2.24, 2.45) is 5.41 Å². The van der Waals surface area contributed by atoms with Gasteiger partial charge in [0.25, 0.3) is 0 Å². The molecule has 8 heteroatoms. The van der Waals surface area contributed by atoms with Gasteiger partial charge in [0.1, 0.15) is 0 Å². The third kappa shape index (κ3) is 6.39.